The lowest BCUT2D eigenvalue weighted by Crippen LogP contribution is -2.31. The van der Waals surface area contributed by atoms with Crippen molar-refractivity contribution in [3.05, 3.63) is 23.8 Å². The summed E-state index contributed by atoms with van der Waals surface area (Å²) in [5.74, 6) is 1.53. The van der Waals surface area contributed by atoms with Crippen LogP contribution in [0.2, 0.25) is 0 Å². The number of rotatable bonds is 5. The van der Waals surface area contributed by atoms with Crippen LogP contribution in [0.5, 0.6) is 11.5 Å². The van der Waals surface area contributed by atoms with E-state index in [0.717, 1.165) is 5.56 Å². The molecule has 0 heterocycles. The zero-order valence-electron chi connectivity index (χ0n) is 11.3. The Bertz CT molecular complexity index is 351. The third-order valence-electron chi connectivity index (χ3n) is 3.35. The first-order valence-electron chi connectivity index (χ1n) is 5.93. The fraction of sp³-hybridized carbons (Fsp3) is 0.571. The first-order valence-corrected chi connectivity index (χ1v) is 5.93. The maximum atomic E-state index is 10.7. The molecule has 0 bridgehead atoms. The van der Waals surface area contributed by atoms with E-state index in [0.29, 0.717) is 17.9 Å². The standard InChI is InChI=1S/C14H22O3/c1-6-14(15,10(2)3)11-7-12(16-4)9-13(8-11)17-5/h7-10,15H,6H2,1-5H3. The van der Waals surface area contributed by atoms with E-state index in [-0.39, 0.29) is 5.92 Å². The fourth-order valence-electron chi connectivity index (χ4n) is 2.00. The first kappa shape index (κ1) is 13.8. The van der Waals surface area contributed by atoms with E-state index < -0.39 is 5.60 Å². The Labute approximate surface area is 103 Å². The molecule has 17 heavy (non-hydrogen) atoms. The zero-order valence-corrected chi connectivity index (χ0v) is 11.3. The minimum atomic E-state index is -0.845. The van der Waals surface area contributed by atoms with Gasteiger partial charge in [0.1, 0.15) is 11.5 Å². The number of methoxy groups -OCH3 is 2. The summed E-state index contributed by atoms with van der Waals surface area (Å²) in [5.41, 5.74) is -0.00634. The molecule has 0 aliphatic rings. The van der Waals surface area contributed by atoms with Gasteiger partial charge >= 0.3 is 0 Å². The van der Waals surface area contributed by atoms with Crippen LogP contribution >= 0.6 is 0 Å². The van der Waals surface area contributed by atoms with Gasteiger partial charge in [0.2, 0.25) is 0 Å². The summed E-state index contributed by atoms with van der Waals surface area (Å²) in [6.45, 7) is 6.00. The second-order valence-corrected chi connectivity index (χ2v) is 4.53. The molecular weight excluding hydrogens is 216 g/mol. The number of hydrogen-bond acceptors (Lipinski definition) is 3. The monoisotopic (exact) mass is 238 g/mol. The van der Waals surface area contributed by atoms with Crippen molar-refractivity contribution in [1.82, 2.24) is 0 Å². The van der Waals surface area contributed by atoms with Crippen molar-refractivity contribution in [2.24, 2.45) is 5.92 Å². The smallest absolute Gasteiger partial charge is 0.122 e. The van der Waals surface area contributed by atoms with Crippen molar-refractivity contribution >= 4 is 0 Å². The highest BCUT2D eigenvalue weighted by Gasteiger charge is 2.31. The molecule has 1 aromatic carbocycles. The number of benzene rings is 1. The minimum absolute atomic E-state index is 0.129. The quantitative estimate of drug-likeness (QED) is 0.857. The van der Waals surface area contributed by atoms with Gasteiger partial charge in [-0.15, -0.1) is 0 Å². The van der Waals surface area contributed by atoms with E-state index in [1.54, 1.807) is 20.3 Å². The summed E-state index contributed by atoms with van der Waals surface area (Å²) >= 11 is 0. The molecule has 1 aromatic rings. The predicted octanol–water partition coefficient (Wildman–Crippen LogP) is 2.96. The molecule has 0 aliphatic carbocycles. The Kier molecular flexibility index (Phi) is 4.40. The number of hydrogen-bond donors (Lipinski definition) is 1. The molecular formula is C14H22O3. The van der Waals surface area contributed by atoms with Crippen LogP contribution in [0.4, 0.5) is 0 Å². The summed E-state index contributed by atoms with van der Waals surface area (Å²) in [6.07, 6.45) is 0.654. The van der Waals surface area contributed by atoms with Gasteiger partial charge in [0.05, 0.1) is 19.8 Å². The summed E-state index contributed by atoms with van der Waals surface area (Å²) < 4.78 is 10.5. The highest BCUT2D eigenvalue weighted by atomic mass is 16.5. The van der Waals surface area contributed by atoms with E-state index in [2.05, 4.69) is 0 Å². The lowest BCUT2D eigenvalue weighted by molar-refractivity contribution is -0.0143. The van der Waals surface area contributed by atoms with Crippen LogP contribution in [0.15, 0.2) is 18.2 Å². The van der Waals surface area contributed by atoms with Crippen molar-refractivity contribution in [1.29, 1.82) is 0 Å². The molecule has 0 fully saturated rings. The zero-order chi connectivity index (χ0) is 13.1. The summed E-state index contributed by atoms with van der Waals surface area (Å²) in [6, 6.07) is 5.54. The van der Waals surface area contributed by atoms with E-state index in [4.69, 9.17) is 9.47 Å². The largest absolute Gasteiger partial charge is 0.497 e. The lowest BCUT2D eigenvalue weighted by atomic mass is 9.81. The third-order valence-corrected chi connectivity index (χ3v) is 3.35. The average molecular weight is 238 g/mol. The van der Waals surface area contributed by atoms with Crippen LogP contribution in [-0.4, -0.2) is 19.3 Å². The van der Waals surface area contributed by atoms with Gasteiger partial charge < -0.3 is 14.6 Å². The number of aliphatic hydroxyl groups is 1. The lowest BCUT2D eigenvalue weighted by Gasteiger charge is -2.32. The molecule has 0 spiro atoms. The highest BCUT2D eigenvalue weighted by Crippen LogP contribution is 2.36. The molecule has 1 rings (SSSR count). The Morgan fingerprint density at radius 1 is 1.12 bits per heavy atom. The second-order valence-electron chi connectivity index (χ2n) is 4.53. The Balaban J connectivity index is 3.28. The van der Waals surface area contributed by atoms with Gasteiger partial charge in [0.25, 0.3) is 0 Å². The van der Waals surface area contributed by atoms with Crippen LogP contribution < -0.4 is 9.47 Å². The molecule has 96 valence electrons. The average Bonchev–Trinajstić information content (AvgIpc) is 2.36. The van der Waals surface area contributed by atoms with Crippen molar-refractivity contribution in [2.75, 3.05) is 14.2 Å². The molecule has 0 amide bonds. The van der Waals surface area contributed by atoms with E-state index in [9.17, 15) is 5.11 Å². The van der Waals surface area contributed by atoms with Crippen LogP contribution in [0, 0.1) is 5.92 Å². The molecule has 1 N–H and O–H groups in total. The van der Waals surface area contributed by atoms with Gasteiger partial charge in [-0.25, -0.2) is 0 Å². The summed E-state index contributed by atoms with van der Waals surface area (Å²) in [4.78, 5) is 0. The van der Waals surface area contributed by atoms with Gasteiger partial charge in [-0.3, -0.25) is 0 Å². The maximum Gasteiger partial charge on any atom is 0.122 e. The van der Waals surface area contributed by atoms with Gasteiger partial charge in [-0.1, -0.05) is 20.8 Å². The molecule has 0 radical (unpaired) electrons. The summed E-state index contributed by atoms with van der Waals surface area (Å²) in [5, 5.41) is 10.7. The molecule has 0 aliphatic heterocycles. The van der Waals surface area contributed by atoms with E-state index >= 15 is 0 Å². The molecule has 1 unspecified atom stereocenters. The molecule has 3 nitrogen and oxygen atoms in total. The molecule has 3 heteroatoms. The predicted molar refractivity (Wildman–Crippen MR) is 68.6 cm³/mol. The van der Waals surface area contributed by atoms with E-state index in [1.807, 2.05) is 32.9 Å². The minimum Gasteiger partial charge on any atom is -0.497 e. The van der Waals surface area contributed by atoms with Gasteiger partial charge in [0.15, 0.2) is 0 Å². The Hall–Kier alpha value is -1.22. The third kappa shape index (κ3) is 2.72. The van der Waals surface area contributed by atoms with Crippen molar-refractivity contribution in [3.8, 4) is 11.5 Å². The van der Waals surface area contributed by atoms with Crippen molar-refractivity contribution in [2.45, 2.75) is 32.8 Å². The molecule has 1 atom stereocenters. The van der Waals surface area contributed by atoms with Crippen LogP contribution in [0.1, 0.15) is 32.8 Å². The molecule has 0 saturated carbocycles. The highest BCUT2D eigenvalue weighted by molar-refractivity contribution is 5.41. The first-order chi connectivity index (χ1) is 7.97. The number of ether oxygens (including phenoxy) is 2. The van der Waals surface area contributed by atoms with Crippen LogP contribution in [0.3, 0.4) is 0 Å². The fourth-order valence-corrected chi connectivity index (χ4v) is 2.00. The SMILES string of the molecule is CCC(O)(c1cc(OC)cc(OC)c1)C(C)C. The molecule has 0 saturated heterocycles. The van der Waals surface area contributed by atoms with Gasteiger partial charge in [-0.05, 0) is 30.0 Å². The van der Waals surface area contributed by atoms with Gasteiger partial charge in [-0.2, -0.15) is 0 Å². The Morgan fingerprint density at radius 2 is 1.59 bits per heavy atom. The summed E-state index contributed by atoms with van der Waals surface area (Å²) in [7, 11) is 3.22. The Morgan fingerprint density at radius 3 is 1.88 bits per heavy atom. The normalized spacial score (nSPS) is 14.5. The van der Waals surface area contributed by atoms with E-state index in [1.165, 1.54) is 0 Å². The van der Waals surface area contributed by atoms with Crippen molar-refractivity contribution in [3.63, 3.8) is 0 Å². The second kappa shape index (κ2) is 5.41. The maximum absolute atomic E-state index is 10.7. The molecule has 0 aromatic heterocycles. The van der Waals surface area contributed by atoms with Crippen molar-refractivity contribution < 1.29 is 14.6 Å². The van der Waals surface area contributed by atoms with Crippen LogP contribution in [0.25, 0.3) is 0 Å². The topological polar surface area (TPSA) is 38.7 Å². The van der Waals surface area contributed by atoms with Gasteiger partial charge in [0, 0.05) is 6.07 Å². The van der Waals surface area contributed by atoms with Crippen LogP contribution in [-0.2, 0) is 5.60 Å².